The van der Waals surface area contributed by atoms with E-state index >= 15 is 0 Å². The standard InChI is InChI=1S/C19H22BNO4/c1-3-25-19(22)15-6-9-18-17(10-15)13(2)11-21(18)12-14-4-7-16(8-5-14)20(23)24/h4-7,9-11,16,23-24H,3,8,12H2,1-2H3. The van der Waals surface area contributed by atoms with E-state index in [0.717, 1.165) is 22.0 Å². The summed E-state index contributed by atoms with van der Waals surface area (Å²) < 4.78 is 7.21. The van der Waals surface area contributed by atoms with E-state index in [4.69, 9.17) is 4.74 Å². The Balaban J connectivity index is 1.84. The van der Waals surface area contributed by atoms with Gasteiger partial charge in [0.15, 0.2) is 0 Å². The molecule has 0 amide bonds. The van der Waals surface area contributed by atoms with E-state index in [1.54, 1.807) is 13.0 Å². The highest BCUT2D eigenvalue weighted by Crippen LogP contribution is 2.27. The summed E-state index contributed by atoms with van der Waals surface area (Å²) >= 11 is 0. The Labute approximate surface area is 147 Å². The first kappa shape index (κ1) is 17.5. The zero-order valence-corrected chi connectivity index (χ0v) is 14.5. The second kappa shape index (κ2) is 7.29. The van der Waals surface area contributed by atoms with Crippen molar-refractivity contribution in [2.75, 3.05) is 6.61 Å². The third-order valence-electron chi connectivity index (χ3n) is 4.54. The van der Waals surface area contributed by atoms with Crippen LogP contribution in [0.3, 0.4) is 0 Å². The normalized spacial score (nSPS) is 16.8. The molecule has 6 heteroatoms. The number of aryl methyl sites for hydroxylation is 1. The zero-order valence-electron chi connectivity index (χ0n) is 14.5. The molecule has 0 bridgehead atoms. The van der Waals surface area contributed by atoms with Crippen molar-refractivity contribution in [3.63, 3.8) is 0 Å². The first-order chi connectivity index (χ1) is 12.0. The van der Waals surface area contributed by atoms with Gasteiger partial charge in [0.1, 0.15) is 0 Å². The molecule has 0 fully saturated rings. The number of carbonyl (C=O) groups is 1. The van der Waals surface area contributed by atoms with E-state index in [1.807, 2.05) is 37.3 Å². The summed E-state index contributed by atoms with van der Waals surface area (Å²) in [6, 6.07) is 5.61. The van der Waals surface area contributed by atoms with E-state index in [9.17, 15) is 14.8 Å². The highest BCUT2D eigenvalue weighted by molar-refractivity contribution is 6.44. The van der Waals surface area contributed by atoms with Crippen molar-refractivity contribution in [2.24, 2.45) is 0 Å². The van der Waals surface area contributed by atoms with E-state index in [1.165, 1.54) is 0 Å². The Morgan fingerprint density at radius 3 is 2.84 bits per heavy atom. The van der Waals surface area contributed by atoms with Crippen LogP contribution in [0, 0.1) is 6.92 Å². The van der Waals surface area contributed by atoms with Gasteiger partial charge in [-0.05, 0) is 49.6 Å². The molecule has 3 rings (SSSR count). The number of rotatable bonds is 5. The predicted molar refractivity (Wildman–Crippen MR) is 98.4 cm³/mol. The van der Waals surface area contributed by atoms with Crippen LogP contribution in [0.15, 0.2) is 48.2 Å². The number of ether oxygens (including phenoxy) is 1. The van der Waals surface area contributed by atoms with Crippen molar-refractivity contribution in [3.05, 3.63) is 59.3 Å². The molecule has 1 atom stereocenters. The van der Waals surface area contributed by atoms with E-state index in [2.05, 4.69) is 10.8 Å². The number of aromatic nitrogens is 1. The predicted octanol–water partition coefficient (Wildman–Crippen LogP) is 2.86. The number of allylic oxidation sites excluding steroid dienone is 4. The second-order valence-electron chi connectivity index (χ2n) is 6.34. The van der Waals surface area contributed by atoms with Crippen molar-refractivity contribution in [1.82, 2.24) is 4.57 Å². The molecule has 1 unspecified atom stereocenters. The van der Waals surface area contributed by atoms with Gasteiger partial charge in [0.25, 0.3) is 0 Å². The number of esters is 1. The minimum Gasteiger partial charge on any atom is -0.462 e. The Morgan fingerprint density at radius 2 is 2.20 bits per heavy atom. The van der Waals surface area contributed by atoms with Gasteiger partial charge in [-0.25, -0.2) is 4.79 Å². The maximum atomic E-state index is 11.9. The molecular weight excluding hydrogens is 317 g/mol. The molecule has 0 spiro atoms. The van der Waals surface area contributed by atoms with Crippen LogP contribution in [0.25, 0.3) is 10.9 Å². The summed E-state index contributed by atoms with van der Waals surface area (Å²) in [7, 11) is -1.31. The summed E-state index contributed by atoms with van der Waals surface area (Å²) in [5.74, 6) is -0.540. The first-order valence-electron chi connectivity index (χ1n) is 8.49. The zero-order chi connectivity index (χ0) is 18.0. The summed E-state index contributed by atoms with van der Waals surface area (Å²) in [5, 5.41) is 19.5. The average Bonchev–Trinajstić information content (AvgIpc) is 2.91. The highest BCUT2D eigenvalue weighted by atomic mass is 16.5. The van der Waals surface area contributed by atoms with Crippen molar-refractivity contribution in [3.8, 4) is 0 Å². The summed E-state index contributed by atoms with van der Waals surface area (Å²) in [6.45, 7) is 4.88. The fraction of sp³-hybridized carbons (Fsp3) is 0.316. The van der Waals surface area contributed by atoms with Crippen LogP contribution in [0.4, 0.5) is 0 Å². The molecule has 5 nitrogen and oxygen atoms in total. The van der Waals surface area contributed by atoms with E-state index in [-0.39, 0.29) is 11.8 Å². The molecular formula is C19H22BNO4. The van der Waals surface area contributed by atoms with Crippen LogP contribution >= 0.6 is 0 Å². The molecule has 0 radical (unpaired) electrons. The maximum Gasteiger partial charge on any atom is 0.459 e. The topological polar surface area (TPSA) is 71.7 Å². The minimum absolute atomic E-state index is 0.237. The summed E-state index contributed by atoms with van der Waals surface area (Å²) in [6.07, 6.45) is 8.52. The number of hydrogen-bond donors (Lipinski definition) is 2. The molecule has 1 aliphatic rings. The molecule has 2 aromatic rings. The van der Waals surface area contributed by atoms with Gasteiger partial charge in [0.2, 0.25) is 0 Å². The van der Waals surface area contributed by atoms with Gasteiger partial charge in [-0.1, -0.05) is 18.2 Å². The van der Waals surface area contributed by atoms with Crippen LogP contribution in [0.2, 0.25) is 5.82 Å². The Hall–Kier alpha value is -2.31. The van der Waals surface area contributed by atoms with Gasteiger partial charge in [-0.3, -0.25) is 0 Å². The third kappa shape index (κ3) is 3.70. The Bertz CT molecular complexity index is 850. The van der Waals surface area contributed by atoms with Crippen LogP contribution < -0.4 is 0 Å². The quantitative estimate of drug-likeness (QED) is 0.649. The number of hydrogen-bond acceptors (Lipinski definition) is 4. The van der Waals surface area contributed by atoms with E-state index in [0.29, 0.717) is 25.1 Å². The number of benzene rings is 1. The lowest BCUT2D eigenvalue weighted by atomic mass is 9.69. The second-order valence-corrected chi connectivity index (χ2v) is 6.34. The highest BCUT2D eigenvalue weighted by Gasteiger charge is 2.21. The largest absolute Gasteiger partial charge is 0.462 e. The average molecular weight is 339 g/mol. The van der Waals surface area contributed by atoms with Gasteiger partial charge in [-0.2, -0.15) is 0 Å². The monoisotopic (exact) mass is 339 g/mol. The molecule has 1 aliphatic carbocycles. The summed E-state index contributed by atoms with van der Waals surface area (Å²) in [4.78, 5) is 11.9. The van der Waals surface area contributed by atoms with Gasteiger partial charge in [-0.15, -0.1) is 0 Å². The minimum atomic E-state index is -1.31. The molecule has 2 N–H and O–H groups in total. The molecule has 25 heavy (non-hydrogen) atoms. The van der Waals surface area contributed by atoms with Crippen LogP contribution in [0.5, 0.6) is 0 Å². The molecule has 1 heterocycles. The van der Waals surface area contributed by atoms with Crippen molar-refractivity contribution in [2.45, 2.75) is 32.6 Å². The number of fused-ring (bicyclic) bond motifs is 1. The van der Waals surface area contributed by atoms with Crippen molar-refractivity contribution >= 4 is 24.0 Å². The SMILES string of the molecule is CCOC(=O)c1ccc2c(c1)c(C)cn2CC1=CCC(B(O)O)C=C1. The molecule has 1 aromatic heterocycles. The fourth-order valence-electron chi connectivity index (χ4n) is 3.16. The Kier molecular flexibility index (Phi) is 5.11. The van der Waals surface area contributed by atoms with Crippen LogP contribution in [0.1, 0.15) is 29.3 Å². The molecule has 130 valence electrons. The lowest BCUT2D eigenvalue weighted by Crippen LogP contribution is -2.19. The first-order valence-corrected chi connectivity index (χ1v) is 8.49. The number of nitrogens with zero attached hydrogens (tertiary/aromatic N) is 1. The molecule has 1 aromatic carbocycles. The molecule has 0 aliphatic heterocycles. The number of carbonyl (C=O) groups excluding carboxylic acids is 1. The molecule has 0 saturated carbocycles. The lowest BCUT2D eigenvalue weighted by molar-refractivity contribution is 0.0526. The summed E-state index contributed by atoms with van der Waals surface area (Å²) in [5.41, 5.74) is 3.85. The van der Waals surface area contributed by atoms with Gasteiger partial charge in [0.05, 0.1) is 12.2 Å². The van der Waals surface area contributed by atoms with Gasteiger partial charge in [0, 0.05) is 29.5 Å². The smallest absolute Gasteiger partial charge is 0.459 e. The fourth-order valence-corrected chi connectivity index (χ4v) is 3.16. The third-order valence-corrected chi connectivity index (χ3v) is 4.54. The van der Waals surface area contributed by atoms with Crippen molar-refractivity contribution in [1.29, 1.82) is 0 Å². The van der Waals surface area contributed by atoms with E-state index < -0.39 is 7.12 Å². The van der Waals surface area contributed by atoms with Crippen molar-refractivity contribution < 1.29 is 19.6 Å². The van der Waals surface area contributed by atoms with Gasteiger partial charge < -0.3 is 19.4 Å². The van der Waals surface area contributed by atoms with Gasteiger partial charge >= 0.3 is 13.1 Å². The Morgan fingerprint density at radius 1 is 1.40 bits per heavy atom. The lowest BCUT2D eigenvalue weighted by Gasteiger charge is -2.16. The van der Waals surface area contributed by atoms with Crippen LogP contribution in [-0.4, -0.2) is 34.3 Å². The van der Waals surface area contributed by atoms with Crippen LogP contribution in [-0.2, 0) is 11.3 Å². The maximum absolute atomic E-state index is 11.9. The molecule has 0 saturated heterocycles.